The Balaban J connectivity index is 0. The van der Waals surface area contributed by atoms with E-state index >= 15 is 0 Å². The van der Waals surface area contributed by atoms with Crippen molar-refractivity contribution in [2.75, 3.05) is 5.73 Å². The Morgan fingerprint density at radius 1 is 1.21 bits per heavy atom. The summed E-state index contributed by atoms with van der Waals surface area (Å²) in [6.07, 6.45) is 0. The van der Waals surface area contributed by atoms with Gasteiger partial charge in [0.1, 0.15) is 12.5 Å². The highest BCUT2D eigenvalue weighted by Gasteiger charge is 1.82. The first kappa shape index (κ1) is 14.7. The summed E-state index contributed by atoms with van der Waals surface area (Å²) in [6, 6.07) is 6.40. The van der Waals surface area contributed by atoms with Crippen LogP contribution in [0.15, 0.2) is 36.4 Å². The second-order valence-electron chi connectivity index (χ2n) is 2.80. The molecule has 0 aromatic heterocycles. The monoisotopic (exact) mass is 195 g/mol. The second-order valence-corrected chi connectivity index (χ2v) is 2.80. The van der Waals surface area contributed by atoms with Crippen LogP contribution in [0, 0.1) is 0 Å². The molecule has 0 saturated heterocycles. The van der Waals surface area contributed by atoms with Gasteiger partial charge in [0.15, 0.2) is 0 Å². The Morgan fingerprint density at radius 3 is 1.71 bits per heavy atom. The summed E-state index contributed by atoms with van der Waals surface area (Å²) in [5.74, 6) is 0.249. The summed E-state index contributed by atoms with van der Waals surface area (Å²) >= 11 is 0. The van der Waals surface area contributed by atoms with Crippen molar-refractivity contribution in [1.29, 1.82) is 0 Å². The fourth-order valence-corrected chi connectivity index (χ4v) is 0.474. The molecule has 0 unspecified atom stereocenters. The molecule has 0 amide bonds. The summed E-state index contributed by atoms with van der Waals surface area (Å²) in [5, 5.41) is 8.70. The van der Waals surface area contributed by atoms with Gasteiger partial charge in [-0.15, -0.1) is 6.58 Å². The van der Waals surface area contributed by atoms with Crippen LogP contribution in [0.1, 0.15) is 13.8 Å². The SMILES string of the molecule is C=C(C)C.C=O.Nc1ccc(O)cc1. The zero-order valence-corrected chi connectivity index (χ0v) is 8.66. The molecule has 0 saturated carbocycles. The Labute approximate surface area is 84.9 Å². The molecule has 3 heteroatoms. The molecule has 78 valence electrons. The third kappa shape index (κ3) is 12.9. The Hall–Kier alpha value is -1.77. The largest absolute Gasteiger partial charge is 0.508 e. The summed E-state index contributed by atoms with van der Waals surface area (Å²) in [6.45, 7) is 9.50. The number of carbonyl (C=O) groups excluding carboxylic acids is 1. The number of aromatic hydroxyl groups is 1. The van der Waals surface area contributed by atoms with Crippen LogP contribution in [0.5, 0.6) is 5.75 Å². The van der Waals surface area contributed by atoms with Crippen LogP contribution in [0.4, 0.5) is 5.69 Å². The van der Waals surface area contributed by atoms with Gasteiger partial charge in [-0.2, -0.15) is 0 Å². The first-order valence-electron chi connectivity index (χ1n) is 3.98. The van der Waals surface area contributed by atoms with E-state index in [1.54, 1.807) is 24.3 Å². The number of anilines is 1. The smallest absolute Gasteiger partial charge is 0.115 e. The average Bonchev–Trinajstić information content (AvgIpc) is 2.13. The minimum Gasteiger partial charge on any atom is -0.508 e. The van der Waals surface area contributed by atoms with E-state index in [4.69, 9.17) is 15.6 Å². The van der Waals surface area contributed by atoms with E-state index in [9.17, 15) is 0 Å². The lowest BCUT2D eigenvalue weighted by Gasteiger charge is -1.89. The fourth-order valence-electron chi connectivity index (χ4n) is 0.474. The predicted octanol–water partition coefficient (Wildman–Crippen LogP) is 2.37. The van der Waals surface area contributed by atoms with E-state index in [2.05, 4.69) is 6.58 Å². The highest BCUT2D eigenvalue weighted by Crippen LogP contribution is 2.09. The molecule has 3 nitrogen and oxygen atoms in total. The molecule has 0 spiro atoms. The molecule has 0 atom stereocenters. The highest BCUT2D eigenvalue weighted by molar-refractivity contribution is 5.40. The van der Waals surface area contributed by atoms with Crippen LogP contribution >= 0.6 is 0 Å². The molecule has 1 aromatic carbocycles. The number of hydrogen-bond donors (Lipinski definition) is 2. The summed E-state index contributed by atoms with van der Waals surface area (Å²) in [5.41, 5.74) is 7.15. The van der Waals surface area contributed by atoms with Crippen molar-refractivity contribution in [3.8, 4) is 5.75 Å². The highest BCUT2D eigenvalue weighted by atomic mass is 16.3. The molecule has 14 heavy (non-hydrogen) atoms. The fraction of sp³-hybridized carbons (Fsp3) is 0.182. The average molecular weight is 195 g/mol. The standard InChI is InChI=1S/C6H7NO.C4H8.CH2O/c7-5-1-3-6(8)4-2-5;1-4(2)3;1-2/h1-4,8H,7H2;1H2,2-3H3;1H2. The molecule has 1 aromatic rings. The van der Waals surface area contributed by atoms with E-state index < -0.39 is 0 Å². The van der Waals surface area contributed by atoms with Gasteiger partial charge in [0.2, 0.25) is 0 Å². The zero-order valence-electron chi connectivity index (χ0n) is 8.66. The van der Waals surface area contributed by atoms with Crippen molar-refractivity contribution in [2.24, 2.45) is 0 Å². The van der Waals surface area contributed by atoms with Gasteiger partial charge in [-0.05, 0) is 38.1 Å². The van der Waals surface area contributed by atoms with Crippen molar-refractivity contribution in [1.82, 2.24) is 0 Å². The number of hydrogen-bond acceptors (Lipinski definition) is 3. The van der Waals surface area contributed by atoms with E-state index in [-0.39, 0.29) is 5.75 Å². The number of nitrogens with two attached hydrogens (primary N) is 1. The number of phenolic OH excluding ortho intramolecular Hbond substituents is 1. The van der Waals surface area contributed by atoms with Crippen LogP contribution in [0.3, 0.4) is 0 Å². The van der Waals surface area contributed by atoms with Crippen molar-refractivity contribution in [2.45, 2.75) is 13.8 Å². The number of carbonyl (C=O) groups is 1. The van der Waals surface area contributed by atoms with E-state index in [1.807, 2.05) is 20.6 Å². The van der Waals surface area contributed by atoms with Crippen molar-refractivity contribution < 1.29 is 9.90 Å². The molecule has 0 radical (unpaired) electrons. The van der Waals surface area contributed by atoms with Crippen LogP contribution in [0.25, 0.3) is 0 Å². The number of allylic oxidation sites excluding steroid dienone is 1. The maximum atomic E-state index is 8.70. The van der Waals surface area contributed by atoms with Gasteiger partial charge < -0.3 is 15.6 Å². The summed E-state index contributed by atoms with van der Waals surface area (Å²) in [4.78, 5) is 8.00. The zero-order chi connectivity index (χ0) is 11.6. The Morgan fingerprint density at radius 2 is 1.50 bits per heavy atom. The Kier molecular flexibility index (Phi) is 9.81. The van der Waals surface area contributed by atoms with E-state index in [0.717, 1.165) is 0 Å². The summed E-state index contributed by atoms with van der Waals surface area (Å²) < 4.78 is 0. The number of rotatable bonds is 0. The number of benzene rings is 1. The Bertz CT molecular complexity index is 229. The van der Waals surface area contributed by atoms with Crippen molar-refractivity contribution in [3.05, 3.63) is 36.4 Å². The van der Waals surface area contributed by atoms with Gasteiger partial charge in [0, 0.05) is 5.69 Å². The number of phenols is 1. The van der Waals surface area contributed by atoms with Crippen LogP contribution in [-0.4, -0.2) is 11.9 Å². The van der Waals surface area contributed by atoms with Gasteiger partial charge in [-0.3, -0.25) is 0 Å². The third-order valence-corrected chi connectivity index (χ3v) is 0.893. The van der Waals surface area contributed by atoms with E-state index in [0.29, 0.717) is 5.69 Å². The normalized spacial score (nSPS) is 7.29. The maximum absolute atomic E-state index is 8.70. The topological polar surface area (TPSA) is 63.3 Å². The molecule has 0 aliphatic carbocycles. The predicted molar refractivity (Wildman–Crippen MR) is 60.1 cm³/mol. The van der Waals surface area contributed by atoms with Gasteiger partial charge >= 0.3 is 0 Å². The number of nitrogen functional groups attached to an aromatic ring is 1. The lowest BCUT2D eigenvalue weighted by atomic mass is 10.3. The molecule has 0 aliphatic heterocycles. The minimum atomic E-state index is 0.249. The first-order valence-corrected chi connectivity index (χ1v) is 3.98. The quantitative estimate of drug-likeness (QED) is 0.379. The third-order valence-electron chi connectivity index (χ3n) is 0.893. The molecule has 1 rings (SSSR count). The lowest BCUT2D eigenvalue weighted by Crippen LogP contribution is -1.80. The van der Waals surface area contributed by atoms with Gasteiger partial charge in [-0.1, -0.05) is 5.57 Å². The molecule has 0 fully saturated rings. The van der Waals surface area contributed by atoms with Gasteiger partial charge in [0.05, 0.1) is 0 Å². The molecular weight excluding hydrogens is 178 g/mol. The summed E-state index contributed by atoms with van der Waals surface area (Å²) in [7, 11) is 0. The molecule has 0 bridgehead atoms. The lowest BCUT2D eigenvalue weighted by molar-refractivity contribution is -0.0979. The van der Waals surface area contributed by atoms with Gasteiger partial charge in [0.25, 0.3) is 0 Å². The molecule has 3 N–H and O–H groups in total. The molecular formula is C11H17NO2. The minimum absolute atomic E-state index is 0.249. The first-order chi connectivity index (χ1) is 6.52. The van der Waals surface area contributed by atoms with Crippen LogP contribution < -0.4 is 5.73 Å². The van der Waals surface area contributed by atoms with Gasteiger partial charge in [-0.25, -0.2) is 0 Å². The van der Waals surface area contributed by atoms with Crippen LogP contribution in [-0.2, 0) is 4.79 Å². The maximum Gasteiger partial charge on any atom is 0.115 e. The van der Waals surface area contributed by atoms with Crippen molar-refractivity contribution in [3.63, 3.8) is 0 Å². The van der Waals surface area contributed by atoms with Crippen molar-refractivity contribution >= 4 is 12.5 Å². The molecule has 0 aliphatic rings. The second kappa shape index (κ2) is 9.32. The molecule has 0 heterocycles. The van der Waals surface area contributed by atoms with Crippen LogP contribution in [0.2, 0.25) is 0 Å². The van der Waals surface area contributed by atoms with E-state index in [1.165, 1.54) is 5.57 Å².